The van der Waals surface area contributed by atoms with Gasteiger partial charge in [-0.15, -0.1) is 11.3 Å². The Morgan fingerprint density at radius 3 is 2.54 bits per heavy atom. The first-order chi connectivity index (χ1) is 17.7. The zero-order valence-electron chi connectivity index (χ0n) is 20.5. The molecule has 0 bridgehead atoms. The minimum Gasteiger partial charge on any atom is -0.350 e. The van der Waals surface area contributed by atoms with Crippen LogP contribution in [-0.4, -0.2) is 40.8 Å². The Kier molecular flexibility index (Phi) is 7.07. The first-order valence-electron chi connectivity index (χ1n) is 12.6. The Labute approximate surface area is 217 Å². The Morgan fingerprint density at radius 2 is 1.84 bits per heavy atom. The molecule has 5 rings (SSSR count). The van der Waals surface area contributed by atoms with Crippen LogP contribution in [0.15, 0.2) is 48.5 Å². The number of benzene rings is 2. The molecule has 9 heteroatoms. The van der Waals surface area contributed by atoms with E-state index in [2.05, 4.69) is 5.32 Å². The van der Waals surface area contributed by atoms with Crippen molar-refractivity contribution in [2.75, 3.05) is 13.1 Å². The van der Waals surface area contributed by atoms with Crippen LogP contribution in [0.3, 0.4) is 0 Å². The lowest BCUT2D eigenvalue weighted by Crippen LogP contribution is -2.49. The number of aromatic nitrogens is 1. The Bertz CT molecular complexity index is 1300. The molecule has 3 aromatic rings. The number of carbonyl (C=O) groups is 2. The summed E-state index contributed by atoms with van der Waals surface area (Å²) in [6.45, 7) is 2.08. The fourth-order valence-electron chi connectivity index (χ4n) is 4.77. The molecule has 0 spiro atoms. The zero-order valence-corrected chi connectivity index (χ0v) is 21.3. The molecule has 2 aliphatic rings. The molecule has 2 heterocycles. The number of amides is 2. The summed E-state index contributed by atoms with van der Waals surface area (Å²) in [5, 5.41) is 3.75. The summed E-state index contributed by atoms with van der Waals surface area (Å²) in [6, 6.07) is 13.1. The largest absolute Gasteiger partial charge is 0.416 e. The monoisotopic (exact) mass is 527 g/mol. The van der Waals surface area contributed by atoms with E-state index < -0.39 is 17.6 Å². The number of aryl methyl sites for hydroxylation is 1. The number of alkyl halides is 3. The van der Waals surface area contributed by atoms with E-state index in [1.807, 2.05) is 30.3 Å². The minimum absolute atomic E-state index is 0.0495. The van der Waals surface area contributed by atoms with Gasteiger partial charge in [-0.1, -0.05) is 36.4 Å². The lowest BCUT2D eigenvalue weighted by molar-refractivity contribution is -0.138. The van der Waals surface area contributed by atoms with Gasteiger partial charge in [-0.05, 0) is 62.3 Å². The van der Waals surface area contributed by atoms with Gasteiger partial charge >= 0.3 is 6.18 Å². The number of carbonyl (C=O) groups excluding carboxylic acids is 2. The van der Waals surface area contributed by atoms with Gasteiger partial charge in [0.2, 0.25) is 0 Å². The molecule has 194 valence electrons. The molecule has 2 amide bonds. The summed E-state index contributed by atoms with van der Waals surface area (Å²) < 4.78 is 39.9. The van der Waals surface area contributed by atoms with Crippen LogP contribution >= 0.6 is 11.3 Å². The second kappa shape index (κ2) is 10.3. The minimum atomic E-state index is -4.53. The van der Waals surface area contributed by atoms with Gasteiger partial charge in [-0.3, -0.25) is 9.59 Å². The molecule has 0 radical (unpaired) electrons. The van der Waals surface area contributed by atoms with Crippen molar-refractivity contribution in [1.29, 1.82) is 0 Å². The van der Waals surface area contributed by atoms with Gasteiger partial charge in [-0.2, -0.15) is 13.2 Å². The SMILES string of the molecule is Cc1ccc(C(=O)NC[C@@H]2CCCCN2C(=O)c2nc(C3CC3)sc2-c2ccccc2)cc1C(F)(F)F. The van der Waals surface area contributed by atoms with Crippen LogP contribution in [-0.2, 0) is 6.18 Å². The van der Waals surface area contributed by atoms with Gasteiger partial charge < -0.3 is 10.2 Å². The van der Waals surface area contributed by atoms with Crippen molar-refractivity contribution in [2.45, 2.75) is 57.2 Å². The molecular formula is C28H28F3N3O2S. The molecule has 1 aromatic heterocycles. The second-order valence-electron chi connectivity index (χ2n) is 9.76. The molecule has 1 atom stereocenters. The van der Waals surface area contributed by atoms with Crippen LogP contribution < -0.4 is 5.32 Å². The first-order valence-corrected chi connectivity index (χ1v) is 13.4. The predicted octanol–water partition coefficient (Wildman–Crippen LogP) is 6.44. The molecule has 2 aromatic carbocycles. The lowest BCUT2D eigenvalue weighted by Gasteiger charge is -2.35. The number of hydrogen-bond acceptors (Lipinski definition) is 4. The molecule has 1 saturated carbocycles. The van der Waals surface area contributed by atoms with E-state index in [0.29, 0.717) is 24.6 Å². The smallest absolute Gasteiger partial charge is 0.350 e. The van der Waals surface area contributed by atoms with Crippen LogP contribution in [0.5, 0.6) is 0 Å². The number of thiazole rings is 1. The maximum absolute atomic E-state index is 13.8. The Balaban J connectivity index is 1.34. The van der Waals surface area contributed by atoms with E-state index in [-0.39, 0.29) is 29.6 Å². The van der Waals surface area contributed by atoms with E-state index in [4.69, 9.17) is 4.98 Å². The quantitative estimate of drug-likeness (QED) is 0.401. The van der Waals surface area contributed by atoms with E-state index in [1.54, 1.807) is 16.2 Å². The van der Waals surface area contributed by atoms with Crippen LogP contribution in [0, 0.1) is 6.92 Å². The number of hydrogen-bond donors (Lipinski definition) is 1. The highest BCUT2D eigenvalue weighted by atomic mass is 32.1. The highest BCUT2D eigenvalue weighted by molar-refractivity contribution is 7.15. The molecule has 0 unspecified atom stereocenters. The summed E-state index contributed by atoms with van der Waals surface area (Å²) in [5.74, 6) is -0.324. The molecule has 1 N–H and O–H groups in total. The average Bonchev–Trinajstić information content (AvgIpc) is 3.65. The highest BCUT2D eigenvalue weighted by Gasteiger charge is 2.35. The van der Waals surface area contributed by atoms with Crippen LogP contribution in [0.25, 0.3) is 10.4 Å². The molecule has 1 aliphatic carbocycles. The fraction of sp³-hybridized carbons (Fsp3) is 0.393. The van der Waals surface area contributed by atoms with Gasteiger partial charge in [0.15, 0.2) is 0 Å². The van der Waals surface area contributed by atoms with E-state index in [0.717, 1.165) is 47.2 Å². The van der Waals surface area contributed by atoms with Crippen LogP contribution in [0.1, 0.15) is 75.0 Å². The Hall–Kier alpha value is -3.20. The van der Waals surface area contributed by atoms with Crippen LogP contribution in [0.2, 0.25) is 0 Å². The fourth-order valence-corrected chi connectivity index (χ4v) is 6.00. The van der Waals surface area contributed by atoms with Gasteiger partial charge in [0, 0.05) is 30.6 Å². The van der Waals surface area contributed by atoms with E-state index >= 15 is 0 Å². The number of rotatable bonds is 6. The van der Waals surface area contributed by atoms with Gasteiger partial charge in [-0.25, -0.2) is 4.98 Å². The van der Waals surface area contributed by atoms with Crippen molar-refractivity contribution in [2.24, 2.45) is 0 Å². The standard InChI is InChI=1S/C28H28F3N3O2S/c1-17-10-11-20(15-22(17)28(29,30)31)25(35)32-16-21-9-5-6-14-34(21)27(36)23-24(18-7-3-2-4-8-18)37-26(33-23)19-12-13-19/h2-4,7-8,10-11,15,19,21H,5-6,9,12-14,16H2,1H3,(H,32,35)/t21-/m0/s1. The van der Waals surface area contributed by atoms with E-state index in [9.17, 15) is 22.8 Å². The maximum atomic E-state index is 13.8. The number of nitrogens with zero attached hydrogens (tertiary/aromatic N) is 2. The number of halogens is 3. The zero-order chi connectivity index (χ0) is 26.2. The maximum Gasteiger partial charge on any atom is 0.416 e. The van der Waals surface area contributed by atoms with Gasteiger partial charge in [0.05, 0.1) is 15.4 Å². The molecule has 2 fully saturated rings. The summed E-state index contributed by atoms with van der Waals surface area (Å²) >= 11 is 1.58. The third-order valence-corrected chi connectivity index (χ3v) is 8.27. The number of piperidine rings is 1. The van der Waals surface area contributed by atoms with Crippen molar-refractivity contribution in [3.05, 3.63) is 75.9 Å². The summed E-state index contributed by atoms with van der Waals surface area (Å²) in [5.41, 5.74) is 0.599. The van der Waals surface area contributed by atoms with Crippen molar-refractivity contribution in [1.82, 2.24) is 15.2 Å². The topological polar surface area (TPSA) is 62.3 Å². The normalized spacial score (nSPS) is 18.1. The Morgan fingerprint density at radius 1 is 1.08 bits per heavy atom. The highest BCUT2D eigenvalue weighted by Crippen LogP contribution is 2.45. The average molecular weight is 528 g/mol. The number of likely N-dealkylation sites (tertiary alicyclic amines) is 1. The molecular weight excluding hydrogens is 499 g/mol. The molecule has 1 saturated heterocycles. The molecule has 37 heavy (non-hydrogen) atoms. The van der Waals surface area contributed by atoms with E-state index in [1.165, 1.54) is 19.1 Å². The number of nitrogens with one attached hydrogen (secondary N) is 1. The third-order valence-electron chi connectivity index (χ3n) is 7.00. The molecule has 1 aliphatic heterocycles. The van der Waals surface area contributed by atoms with Gasteiger partial charge in [0.25, 0.3) is 11.8 Å². The van der Waals surface area contributed by atoms with Crippen LogP contribution in [0.4, 0.5) is 13.2 Å². The summed E-state index contributed by atoms with van der Waals surface area (Å²) in [7, 11) is 0. The summed E-state index contributed by atoms with van der Waals surface area (Å²) in [6.07, 6.45) is 0.0995. The van der Waals surface area contributed by atoms with Crippen molar-refractivity contribution in [3.63, 3.8) is 0 Å². The third kappa shape index (κ3) is 5.56. The van der Waals surface area contributed by atoms with Crippen molar-refractivity contribution >= 4 is 23.2 Å². The second-order valence-corrected chi connectivity index (χ2v) is 10.8. The van der Waals surface area contributed by atoms with Crippen molar-refractivity contribution < 1.29 is 22.8 Å². The summed E-state index contributed by atoms with van der Waals surface area (Å²) in [4.78, 5) is 34.0. The molecule has 5 nitrogen and oxygen atoms in total. The lowest BCUT2D eigenvalue weighted by atomic mass is 10.0. The van der Waals surface area contributed by atoms with Crippen molar-refractivity contribution in [3.8, 4) is 10.4 Å². The van der Waals surface area contributed by atoms with Gasteiger partial charge in [0.1, 0.15) is 5.69 Å². The first kappa shape index (κ1) is 25.4. The predicted molar refractivity (Wildman–Crippen MR) is 137 cm³/mol.